The summed E-state index contributed by atoms with van der Waals surface area (Å²) in [5.74, 6) is 0. The average Bonchev–Trinajstić information content (AvgIpc) is 2.48. The second-order valence-corrected chi connectivity index (χ2v) is 5.41. The van der Waals surface area contributed by atoms with E-state index >= 15 is 0 Å². The molecular formula is C14H26O8. The van der Waals surface area contributed by atoms with Crippen molar-refractivity contribution >= 4 is 6.29 Å². The molecule has 22 heavy (non-hydrogen) atoms. The second-order valence-electron chi connectivity index (χ2n) is 5.41. The number of hydrogen-bond donors (Lipinski definition) is 3. The van der Waals surface area contributed by atoms with Crippen LogP contribution in [0.3, 0.4) is 0 Å². The molecule has 8 heteroatoms. The van der Waals surface area contributed by atoms with Gasteiger partial charge in [-0.15, -0.1) is 0 Å². The van der Waals surface area contributed by atoms with Gasteiger partial charge >= 0.3 is 0 Å². The van der Waals surface area contributed by atoms with Gasteiger partial charge in [-0.2, -0.15) is 0 Å². The number of aliphatic hydroxyl groups excluding tert-OH is 3. The Morgan fingerprint density at radius 3 is 2.36 bits per heavy atom. The number of aldehydes is 1. The highest BCUT2D eigenvalue weighted by Crippen LogP contribution is 2.26. The number of carbonyl (C=O) groups is 1. The molecule has 0 saturated carbocycles. The maximum absolute atomic E-state index is 10.7. The first kappa shape index (κ1) is 19.4. The maximum atomic E-state index is 10.7. The number of methoxy groups -OCH3 is 2. The van der Waals surface area contributed by atoms with Gasteiger partial charge in [-0.25, -0.2) is 0 Å². The molecule has 0 aromatic heterocycles. The van der Waals surface area contributed by atoms with Crippen LogP contribution >= 0.6 is 0 Å². The van der Waals surface area contributed by atoms with Crippen molar-refractivity contribution in [1.82, 2.24) is 0 Å². The molecule has 1 fully saturated rings. The lowest BCUT2D eigenvalue weighted by Gasteiger charge is -2.42. The van der Waals surface area contributed by atoms with E-state index in [1.165, 1.54) is 21.1 Å². The summed E-state index contributed by atoms with van der Waals surface area (Å²) in [6.07, 6.45) is -6.70. The summed E-state index contributed by atoms with van der Waals surface area (Å²) in [4.78, 5) is 10.7. The van der Waals surface area contributed by atoms with Gasteiger partial charge in [0, 0.05) is 20.6 Å². The summed E-state index contributed by atoms with van der Waals surface area (Å²) in [7, 11) is 2.76. The van der Waals surface area contributed by atoms with Crippen LogP contribution in [0.2, 0.25) is 0 Å². The van der Waals surface area contributed by atoms with Crippen LogP contribution in [0.5, 0.6) is 0 Å². The summed E-state index contributed by atoms with van der Waals surface area (Å²) < 4.78 is 21.3. The third kappa shape index (κ3) is 4.45. The normalized spacial score (nSPS) is 36.6. The molecule has 0 aromatic carbocycles. The molecule has 0 aliphatic carbocycles. The zero-order chi connectivity index (χ0) is 16.9. The maximum Gasteiger partial charge on any atom is 0.187 e. The Hall–Kier alpha value is -0.610. The molecule has 0 spiro atoms. The zero-order valence-corrected chi connectivity index (χ0v) is 13.3. The van der Waals surface area contributed by atoms with Crippen LogP contribution in [-0.4, -0.2) is 84.8 Å². The zero-order valence-electron chi connectivity index (χ0n) is 13.3. The van der Waals surface area contributed by atoms with Crippen LogP contribution in [0, 0.1) is 0 Å². The summed E-state index contributed by atoms with van der Waals surface area (Å²) in [6.45, 7) is 3.11. The minimum absolute atomic E-state index is 0.0285. The van der Waals surface area contributed by atoms with Crippen LogP contribution in [0.25, 0.3) is 0 Å². The molecule has 0 radical (unpaired) electrons. The highest BCUT2D eigenvalue weighted by Gasteiger charge is 2.45. The van der Waals surface area contributed by atoms with E-state index in [0.29, 0.717) is 6.29 Å². The molecular weight excluding hydrogens is 296 g/mol. The molecule has 1 saturated heterocycles. The number of aliphatic hydroxyl groups is 3. The standard InChI is InChI=1S/C14H26O8/c1-7(16)12(9(19-3)5-6-15)22-14-11(18)13(20-4)10(17)8(2)21-14/h6-14,16-18H,5H2,1-4H3/t7-,8-,9+,10-,11-,12-,13+,14+/m1/s1. The molecule has 0 unspecified atom stereocenters. The first-order valence-electron chi connectivity index (χ1n) is 7.21. The molecule has 1 rings (SSSR count). The Bertz CT molecular complexity index is 337. The van der Waals surface area contributed by atoms with Gasteiger partial charge < -0.3 is 39.1 Å². The average molecular weight is 322 g/mol. The minimum atomic E-state index is -1.24. The van der Waals surface area contributed by atoms with Crippen LogP contribution < -0.4 is 0 Å². The lowest BCUT2D eigenvalue weighted by Crippen LogP contribution is -2.59. The summed E-state index contributed by atoms with van der Waals surface area (Å²) in [6, 6.07) is 0. The van der Waals surface area contributed by atoms with E-state index < -0.39 is 49.0 Å². The SMILES string of the molecule is CO[C@@H]1[C@@H](O)[C@H](O[C@@H]([C@H](CC=O)OC)[C@@H](C)O)O[C@H](C)[C@H]1O. The van der Waals surface area contributed by atoms with Gasteiger partial charge in [0.05, 0.1) is 18.3 Å². The first-order chi connectivity index (χ1) is 10.4. The highest BCUT2D eigenvalue weighted by molar-refractivity contribution is 5.50. The molecule has 3 N–H and O–H groups in total. The summed E-state index contributed by atoms with van der Waals surface area (Å²) in [5.41, 5.74) is 0. The van der Waals surface area contributed by atoms with Gasteiger partial charge in [-0.1, -0.05) is 0 Å². The number of carbonyl (C=O) groups excluding carboxylic acids is 1. The third-order valence-electron chi connectivity index (χ3n) is 3.82. The van der Waals surface area contributed by atoms with Crippen molar-refractivity contribution in [2.45, 2.75) is 69.3 Å². The Morgan fingerprint density at radius 1 is 1.27 bits per heavy atom. The van der Waals surface area contributed by atoms with Crippen molar-refractivity contribution < 1.29 is 39.1 Å². The van der Waals surface area contributed by atoms with Crippen molar-refractivity contribution in [3.8, 4) is 0 Å². The molecule has 0 bridgehead atoms. The van der Waals surface area contributed by atoms with Crippen molar-refractivity contribution in [3.05, 3.63) is 0 Å². The minimum Gasteiger partial charge on any atom is -0.391 e. The van der Waals surface area contributed by atoms with Crippen molar-refractivity contribution in [3.63, 3.8) is 0 Å². The Labute approximate surface area is 129 Å². The second kappa shape index (κ2) is 8.88. The van der Waals surface area contributed by atoms with E-state index in [-0.39, 0.29) is 6.42 Å². The molecule has 8 atom stereocenters. The molecule has 0 aromatic rings. The predicted molar refractivity (Wildman–Crippen MR) is 75.2 cm³/mol. The summed E-state index contributed by atoms with van der Waals surface area (Å²) in [5, 5.41) is 30.0. The summed E-state index contributed by atoms with van der Waals surface area (Å²) >= 11 is 0. The highest BCUT2D eigenvalue weighted by atomic mass is 16.7. The number of hydrogen-bond acceptors (Lipinski definition) is 8. The van der Waals surface area contributed by atoms with Gasteiger partial charge in [0.2, 0.25) is 0 Å². The fourth-order valence-corrected chi connectivity index (χ4v) is 2.51. The van der Waals surface area contributed by atoms with E-state index in [2.05, 4.69) is 0 Å². The Balaban J connectivity index is 2.85. The van der Waals surface area contributed by atoms with Crippen molar-refractivity contribution in [2.75, 3.05) is 14.2 Å². The predicted octanol–water partition coefficient (Wildman–Crippen LogP) is -1.16. The number of ether oxygens (including phenoxy) is 4. The van der Waals surface area contributed by atoms with E-state index in [0.717, 1.165) is 0 Å². The Kier molecular flexibility index (Phi) is 7.84. The quantitative estimate of drug-likeness (QED) is 0.479. The lowest BCUT2D eigenvalue weighted by molar-refractivity contribution is -0.320. The monoisotopic (exact) mass is 322 g/mol. The van der Waals surface area contributed by atoms with Gasteiger partial charge in [0.1, 0.15) is 30.7 Å². The van der Waals surface area contributed by atoms with E-state index in [1.807, 2.05) is 0 Å². The molecule has 1 aliphatic heterocycles. The fraction of sp³-hybridized carbons (Fsp3) is 0.929. The topological polar surface area (TPSA) is 115 Å². The Morgan fingerprint density at radius 2 is 1.91 bits per heavy atom. The molecule has 1 aliphatic rings. The van der Waals surface area contributed by atoms with Gasteiger partial charge in [0.15, 0.2) is 6.29 Å². The molecule has 1 heterocycles. The first-order valence-corrected chi connectivity index (χ1v) is 7.21. The van der Waals surface area contributed by atoms with E-state index in [1.54, 1.807) is 6.92 Å². The van der Waals surface area contributed by atoms with Crippen LogP contribution in [-0.2, 0) is 23.7 Å². The smallest absolute Gasteiger partial charge is 0.187 e. The van der Waals surface area contributed by atoms with Crippen molar-refractivity contribution in [1.29, 1.82) is 0 Å². The molecule has 8 nitrogen and oxygen atoms in total. The van der Waals surface area contributed by atoms with Crippen molar-refractivity contribution in [2.24, 2.45) is 0 Å². The third-order valence-corrected chi connectivity index (χ3v) is 3.82. The largest absolute Gasteiger partial charge is 0.391 e. The molecule has 130 valence electrons. The van der Waals surface area contributed by atoms with E-state index in [9.17, 15) is 20.1 Å². The lowest BCUT2D eigenvalue weighted by atomic mass is 9.99. The fourth-order valence-electron chi connectivity index (χ4n) is 2.51. The number of rotatable bonds is 8. The van der Waals surface area contributed by atoms with Crippen LogP contribution in [0.15, 0.2) is 0 Å². The molecule has 0 amide bonds. The van der Waals surface area contributed by atoms with Gasteiger partial charge in [-0.3, -0.25) is 0 Å². The van der Waals surface area contributed by atoms with Gasteiger partial charge in [-0.05, 0) is 13.8 Å². The van der Waals surface area contributed by atoms with E-state index in [4.69, 9.17) is 18.9 Å². The van der Waals surface area contributed by atoms with Crippen LogP contribution in [0.1, 0.15) is 20.3 Å². The van der Waals surface area contributed by atoms with Crippen LogP contribution in [0.4, 0.5) is 0 Å². The van der Waals surface area contributed by atoms with Gasteiger partial charge in [0.25, 0.3) is 0 Å².